The van der Waals surface area contributed by atoms with Crippen molar-refractivity contribution in [3.63, 3.8) is 0 Å². The van der Waals surface area contributed by atoms with E-state index in [0.29, 0.717) is 50.0 Å². The van der Waals surface area contributed by atoms with Crippen LogP contribution in [0.2, 0.25) is 0 Å². The number of hydrogen-bond acceptors (Lipinski definition) is 6. The average Bonchev–Trinajstić information content (AvgIpc) is 2.92. The summed E-state index contributed by atoms with van der Waals surface area (Å²) in [6.07, 6.45) is 0.662. The Labute approximate surface area is 125 Å². The number of aliphatic hydroxyl groups is 1. The van der Waals surface area contributed by atoms with Crippen molar-refractivity contribution in [2.45, 2.75) is 18.6 Å². The molecule has 6 heteroatoms. The minimum atomic E-state index is -0.763. The number of hydrogen-bond donors (Lipinski definition) is 2. The molecule has 1 aromatic carbocycles. The highest BCUT2D eigenvalue weighted by Gasteiger charge is 2.31. The van der Waals surface area contributed by atoms with E-state index >= 15 is 0 Å². The van der Waals surface area contributed by atoms with Gasteiger partial charge in [0, 0.05) is 26.1 Å². The Bertz CT molecular complexity index is 446. The SMILES string of the molecule is COc1cc(CNCC2(O)CCOC2)cc(OC)c1OC. The second-order valence-corrected chi connectivity index (χ2v) is 5.16. The van der Waals surface area contributed by atoms with Crippen molar-refractivity contribution in [3.8, 4) is 17.2 Å². The molecule has 1 unspecified atom stereocenters. The predicted octanol–water partition coefficient (Wildman–Crippen LogP) is 0.953. The van der Waals surface area contributed by atoms with Crippen molar-refractivity contribution in [1.82, 2.24) is 5.32 Å². The Balaban J connectivity index is 2.02. The fraction of sp³-hybridized carbons (Fsp3) is 0.600. The molecule has 21 heavy (non-hydrogen) atoms. The predicted molar refractivity (Wildman–Crippen MR) is 78.2 cm³/mol. The van der Waals surface area contributed by atoms with Gasteiger partial charge in [-0.25, -0.2) is 0 Å². The molecule has 0 saturated carbocycles. The van der Waals surface area contributed by atoms with Gasteiger partial charge in [0.2, 0.25) is 5.75 Å². The van der Waals surface area contributed by atoms with Crippen molar-refractivity contribution >= 4 is 0 Å². The van der Waals surface area contributed by atoms with Gasteiger partial charge in [-0.1, -0.05) is 0 Å². The van der Waals surface area contributed by atoms with Crippen LogP contribution in [0, 0.1) is 0 Å². The lowest BCUT2D eigenvalue weighted by Crippen LogP contribution is -2.40. The van der Waals surface area contributed by atoms with E-state index in [0.717, 1.165) is 5.56 Å². The molecule has 6 nitrogen and oxygen atoms in total. The summed E-state index contributed by atoms with van der Waals surface area (Å²) in [6.45, 7) is 2.08. The summed E-state index contributed by atoms with van der Waals surface area (Å²) in [5.74, 6) is 1.82. The van der Waals surface area contributed by atoms with Crippen molar-refractivity contribution in [2.24, 2.45) is 0 Å². The van der Waals surface area contributed by atoms with Gasteiger partial charge in [0.1, 0.15) is 5.60 Å². The number of benzene rings is 1. The summed E-state index contributed by atoms with van der Waals surface area (Å²) in [5, 5.41) is 13.4. The molecule has 0 spiro atoms. The first-order valence-electron chi connectivity index (χ1n) is 6.91. The zero-order valence-corrected chi connectivity index (χ0v) is 12.8. The van der Waals surface area contributed by atoms with E-state index in [1.54, 1.807) is 21.3 Å². The molecule has 118 valence electrons. The van der Waals surface area contributed by atoms with Crippen LogP contribution in [0.15, 0.2) is 12.1 Å². The molecule has 2 rings (SSSR count). The minimum Gasteiger partial charge on any atom is -0.493 e. The second-order valence-electron chi connectivity index (χ2n) is 5.16. The first-order valence-corrected chi connectivity index (χ1v) is 6.91. The summed E-state index contributed by atoms with van der Waals surface area (Å²) < 4.78 is 21.1. The van der Waals surface area contributed by atoms with E-state index in [4.69, 9.17) is 18.9 Å². The quantitative estimate of drug-likeness (QED) is 0.781. The van der Waals surface area contributed by atoms with Crippen molar-refractivity contribution in [1.29, 1.82) is 0 Å². The van der Waals surface area contributed by atoms with Gasteiger partial charge < -0.3 is 29.4 Å². The maximum Gasteiger partial charge on any atom is 0.203 e. The highest BCUT2D eigenvalue weighted by molar-refractivity contribution is 5.53. The summed E-state index contributed by atoms with van der Waals surface area (Å²) in [7, 11) is 4.76. The van der Waals surface area contributed by atoms with Gasteiger partial charge in [0.05, 0.1) is 27.9 Å². The third-order valence-electron chi connectivity index (χ3n) is 3.59. The van der Waals surface area contributed by atoms with Crippen LogP contribution in [-0.4, -0.2) is 51.8 Å². The van der Waals surface area contributed by atoms with Crippen LogP contribution in [0.5, 0.6) is 17.2 Å². The van der Waals surface area contributed by atoms with Crippen molar-refractivity contribution in [3.05, 3.63) is 17.7 Å². The van der Waals surface area contributed by atoms with Gasteiger partial charge in [0.25, 0.3) is 0 Å². The van der Waals surface area contributed by atoms with Gasteiger partial charge in [-0.15, -0.1) is 0 Å². The molecule has 0 aliphatic carbocycles. The molecular formula is C15H23NO5. The Morgan fingerprint density at radius 2 is 1.86 bits per heavy atom. The molecule has 1 saturated heterocycles. The van der Waals surface area contributed by atoms with Gasteiger partial charge >= 0.3 is 0 Å². The van der Waals surface area contributed by atoms with Crippen molar-refractivity contribution < 1.29 is 24.1 Å². The number of ether oxygens (including phenoxy) is 4. The molecule has 2 N–H and O–H groups in total. The van der Waals surface area contributed by atoms with E-state index in [-0.39, 0.29) is 0 Å². The van der Waals surface area contributed by atoms with Crippen LogP contribution < -0.4 is 19.5 Å². The Morgan fingerprint density at radius 1 is 1.19 bits per heavy atom. The zero-order chi connectivity index (χ0) is 15.3. The van der Waals surface area contributed by atoms with E-state index < -0.39 is 5.60 Å². The molecule has 0 bridgehead atoms. The number of nitrogens with one attached hydrogen (secondary N) is 1. The standard InChI is InChI=1S/C15H23NO5/c1-18-12-6-11(7-13(19-2)14(12)20-3)8-16-9-15(17)4-5-21-10-15/h6-7,16-17H,4-5,8-10H2,1-3H3. The first kappa shape index (κ1) is 15.9. The Morgan fingerprint density at radius 3 is 2.33 bits per heavy atom. The van der Waals surface area contributed by atoms with Crippen LogP contribution in [0.4, 0.5) is 0 Å². The highest BCUT2D eigenvalue weighted by Crippen LogP contribution is 2.38. The van der Waals surface area contributed by atoms with Gasteiger partial charge in [-0.2, -0.15) is 0 Å². The smallest absolute Gasteiger partial charge is 0.203 e. The molecule has 1 atom stereocenters. The maximum atomic E-state index is 10.2. The lowest BCUT2D eigenvalue weighted by atomic mass is 10.0. The molecule has 1 aliphatic rings. The van der Waals surface area contributed by atoms with E-state index in [1.165, 1.54) is 0 Å². The molecule has 0 radical (unpaired) electrons. The topological polar surface area (TPSA) is 69.2 Å². The van der Waals surface area contributed by atoms with E-state index in [9.17, 15) is 5.11 Å². The van der Waals surface area contributed by atoms with Gasteiger partial charge in [-0.05, 0) is 17.7 Å². The molecular weight excluding hydrogens is 274 g/mol. The molecule has 1 heterocycles. The fourth-order valence-electron chi connectivity index (χ4n) is 2.41. The normalized spacial score (nSPS) is 21.3. The molecule has 1 aromatic rings. The third kappa shape index (κ3) is 3.78. The van der Waals surface area contributed by atoms with E-state index in [2.05, 4.69) is 5.32 Å². The third-order valence-corrected chi connectivity index (χ3v) is 3.59. The van der Waals surface area contributed by atoms with Crippen LogP contribution in [0.3, 0.4) is 0 Å². The Hall–Kier alpha value is -1.50. The lowest BCUT2D eigenvalue weighted by molar-refractivity contribution is 0.0268. The molecule has 0 amide bonds. The lowest BCUT2D eigenvalue weighted by Gasteiger charge is -2.21. The second kappa shape index (κ2) is 6.98. The molecule has 1 aliphatic heterocycles. The summed E-state index contributed by atoms with van der Waals surface area (Å²) >= 11 is 0. The largest absolute Gasteiger partial charge is 0.493 e. The summed E-state index contributed by atoms with van der Waals surface area (Å²) in [5.41, 5.74) is 0.229. The van der Waals surface area contributed by atoms with Crippen LogP contribution >= 0.6 is 0 Å². The molecule has 0 aromatic heterocycles. The first-order chi connectivity index (χ1) is 10.1. The fourth-order valence-corrected chi connectivity index (χ4v) is 2.41. The average molecular weight is 297 g/mol. The number of methoxy groups -OCH3 is 3. The van der Waals surface area contributed by atoms with Crippen LogP contribution in [0.1, 0.15) is 12.0 Å². The van der Waals surface area contributed by atoms with Gasteiger partial charge in [-0.3, -0.25) is 0 Å². The van der Waals surface area contributed by atoms with Crippen LogP contribution in [0.25, 0.3) is 0 Å². The van der Waals surface area contributed by atoms with E-state index in [1.807, 2.05) is 12.1 Å². The monoisotopic (exact) mass is 297 g/mol. The minimum absolute atomic E-state index is 0.384. The van der Waals surface area contributed by atoms with Crippen LogP contribution in [-0.2, 0) is 11.3 Å². The van der Waals surface area contributed by atoms with Gasteiger partial charge in [0.15, 0.2) is 11.5 Å². The Kier molecular flexibility index (Phi) is 5.27. The zero-order valence-electron chi connectivity index (χ0n) is 12.8. The highest BCUT2D eigenvalue weighted by atomic mass is 16.5. The summed E-state index contributed by atoms with van der Waals surface area (Å²) in [6, 6.07) is 3.78. The van der Waals surface area contributed by atoms with Crippen molar-refractivity contribution in [2.75, 3.05) is 41.1 Å². The maximum absolute atomic E-state index is 10.2. The number of rotatable bonds is 7. The summed E-state index contributed by atoms with van der Waals surface area (Å²) in [4.78, 5) is 0. The molecule has 1 fully saturated rings.